The molecule has 2 heterocycles. The maximum absolute atomic E-state index is 5.69. The Balaban J connectivity index is 1.70. The lowest BCUT2D eigenvalue weighted by atomic mass is 10.1. The van der Waals surface area contributed by atoms with Gasteiger partial charge in [-0.15, -0.1) is 0 Å². The molecule has 2 aliphatic rings. The van der Waals surface area contributed by atoms with E-state index in [1.54, 1.807) is 0 Å². The number of benzene rings is 1. The first-order chi connectivity index (χ1) is 10.3. The summed E-state index contributed by atoms with van der Waals surface area (Å²) in [6.45, 7) is 7.75. The molecule has 1 aromatic carbocycles. The number of nitrogens with zero attached hydrogens (tertiary/aromatic N) is 1. The second-order valence-electron chi connectivity index (χ2n) is 5.71. The molecule has 1 N–H and O–H groups in total. The molecule has 116 valence electrons. The van der Waals surface area contributed by atoms with Gasteiger partial charge < -0.3 is 14.8 Å². The van der Waals surface area contributed by atoms with Crippen LogP contribution in [0.25, 0.3) is 0 Å². The molecule has 0 aromatic heterocycles. The molecule has 1 atom stereocenters. The van der Waals surface area contributed by atoms with Crippen molar-refractivity contribution in [1.82, 2.24) is 10.2 Å². The normalized spacial score (nSPS) is 21.0. The van der Waals surface area contributed by atoms with E-state index in [-0.39, 0.29) is 0 Å². The maximum atomic E-state index is 5.69. The Kier molecular flexibility index (Phi) is 5.03. The zero-order chi connectivity index (χ0) is 14.7. The van der Waals surface area contributed by atoms with Crippen molar-refractivity contribution < 1.29 is 9.47 Å². The van der Waals surface area contributed by atoms with Crippen LogP contribution in [0.2, 0.25) is 0 Å². The van der Waals surface area contributed by atoms with Crippen LogP contribution in [0.3, 0.4) is 0 Å². The molecule has 1 fully saturated rings. The molecule has 0 bridgehead atoms. The number of nitrogens with one attached hydrogen (secondary N) is 1. The van der Waals surface area contributed by atoms with Gasteiger partial charge in [-0.1, -0.05) is 22.9 Å². The SMILES string of the molecule is CCN(Cc1cc2c(cc1Br)OCCO2)CC1CCCN1. The Hall–Kier alpha value is -0.780. The average Bonchev–Trinajstić information content (AvgIpc) is 3.00. The fourth-order valence-corrected chi connectivity index (χ4v) is 3.45. The Bertz CT molecular complexity index is 489. The Morgan fingerprint density at radius 1 is 1.29 bits per heavy atom. The van der Waals surface area contributed by atoms with Gasteiger partial charge in [0.2, 0.25) is 0 Å². The summed E-state index contributed by atoms with van der Waals surface area (Å²) < 4.78 is 12.4. The van der Waals surface area contributed by atoms with E-state index in [4.69, 9.17) is 9.47 Å². The van der Waals surface area contributed by atoms with Gasteiger partial charge in [-0.2, -0.15) is 0 Å². The van der Waals surface area contributed by atoms with Crippen LogP contribution in [0.4, 0.5) is 0 Å². The van der Waals surface area contributed by atoms with Crippen LogP contribution in [0.1, 0.15) is 25.3 Å². The first-order valence-corrected chi connectivity index (χ1v) is 8.59. The number of fused-ring (bicyclic) bond motifs is 1. The minimum absolute atomic E-state index is 0.632. The largest absolute Gasteiger partial charge is 0.486 e. The van der Waals surface area contributed by atoms with E-state index < -0.39 is 0 Å². The van der Waals surface area contributed by atoms with Gasteiger partial charge in [0, 0.05) is 23.6 Å². The van der Waals surface area contributed by atoms with Crippen LogP contribution in [-0.2, 0) is 6.54 Å². The van der Waals surface area contributed by atoms with Crippen molar-refractivity contribution in [2.45, 2.75) is 32.4 Å². The minimum Gasteiger partial charge on any atom is -0.486 e. The van der Waals surface area contributed by atoms with Crippen LogP contribution >= 0.6 is 15.9 Å². The molecule has 1 saturated heterocycles. The second kappa shape index (κ2) is 6.99. The van der Waals surface area contributed by atoms with Crippen molar-refractivity contribution in [3.63, 3.8) is 0 Å². The fraction of sp³-hybridized carbons (Fsp3) is 0.625. The van der Waals surface area contributed by atoms with Crippen LogP contribution in [-0.4, -0.2) is 43.8 Å². The predicted octanol–water partition coefficient (Wildman–Crippen LogP) is 2.79. The molecule has 4 nitrogen and oxygen atoms in total. The first-order valence-electron chi connectivity index (χ1n) is 7.80. The second-order valence-corrected chi connectivity index (χ2v) is 6.56. The standard InChI is InChI=1S/C16H23BrN2O2/c1-2-19(11-13-4-3-5-18-13)10-12-8-15-16(9-14(12)17)21-7-6-20-15/h8-9,13,18H,2-7,10-11H2,1H3. The van der Waals surface area contributed by atoms with E-state index in [1.807, 2.05) is 6.07 Å². The molecule has 0 spiro atoms. The Morgan fingerprint density at radius 2 is 2.05 bits per heavy atom. The molecule has 1 aromatic rings. The zero-order valence-electron chi connectivity index (χ0n) is 12.5. The summed E-state index contributed by atoms with van der Waals surface area (Å²) in [7, 11) is 0. The quantitative estimate of drug-likeness (QED) is 0.881. The summed E-state index contributed by atoms with van der Waals surface area (Å²) in [5.74, 6) is 1.71. The Morgan fingerprint density at radius 3 is 2.71 bits per heavy atom. The molecule has 3 rings (SSSR count). The average molecular weight is 355 g/mol. The number of rotatable bonds is 5. The lowest BCUT2D eigenvalue weighted by Crippen LogP contribution is -2.37. The summed E-state index contributed by atoms with van der Waals surface area (Å²) in [4.78, 5) is 2.49. The van der Waals surface area contributed by atoms with Crippen LogP contribution in [0, 0.1) is 0 Å². The van der Waals surface area contributed by atoms with Gasteiger partial charge in [-0.05, 0) is 43.6 Å². The summed E-state index contributed by atoms with van der Waals surface area (Å²) in [5, 5.41) is 3.57. The molecule has 1 unspecified atom stereocenters. The smallest absolute Gasteiger partial charge is 0.162 e. The highest BCUT2D eigenvalue weighted by Gasteiger charge is 2.19. The molecule has 21 heavy (non-hydrogen) atoms. The highest BCUT2D eigenvalue weighted by Crippen LogP contribution is 2.36. The van der Waals surface area contributed by atoms with E-state index in [9.17, 15) is 0 Å². The monoisotopic (exact) mass is 354 g/mol. The maximum Gasteiger partial charge on any atom is 0.162 e. The summed E-state index contributed by atoms with van der Waals surface area (Å²) in [6.07, 6.45) is 2.59. The molecule has 2 aliphatic heterocycles. The van der Waals surface area contributed by atoms with Gasteiger partial charge in [-0.3, -0.25) is 4.90 Å². The fourth-order valence-electron chi connectivity index (χ4n) is 3.00. The summed E-state index contributed by atoms with van der Waals surface area (Å²) in [5.41, 5.74) is 1.26. The third kappa shape index (κ3) is 3.71. The zero-order valence-corrected chi connectivity index (χ0v) is 14.1. The number of likely N-dealkylation sites (N-methyl/N-ethyl adjacent to an activating group) is 1. The van der Waals surface area contributed by atoms with Gasteiger partial charge in [0.1, 0.15) is 13.2 Å². The molecule has 5 heteroatoms. The van der Waals surface area contributed by atoms with Crippen molar-refractivity contribution in [1.29, 1.82) is 0 Å². The van der Waals surface area contributed by atoms with Crippen LogP contribution in [0.5, 0.6) is 11.5 Å². The van der Waals surface area contributed by atoms with E-state index in [0.29, 0.717) is 19.3 Å². The molecule has 0 amide bonds. The van der Waals surface area contributed by atoms with E-state index >= 15 is 0 Å². The van der Waals surface area contributed by atoms with Gasteiger partial charge in [0.15, 0.2) is 11.5 Å². The van der Waals surface area contributed by atoms with Crippen molar-refractivity contribution in [3.05, 3.63) is 22.2 Å². The van der Waals surface area contributed by atoms with Crippen LogP contribution in [0.15, 0.2) is 16.6 Å². The molecule has 0 radical (unpaired) electrons. The van der Waals surface area contributed by atoms with Gasteiger partial charge in [0.25, 0.3) is 0 Å². The number of ether oxygens (including phenoxy) is 2. The van der Waals surface area contributed by atoms with Crippen LogP contribution < -0.4 is 14.8 Å². The topological polar surface area (TPSA) is 33.7 Å². The van der Waals surface area contributed by atoms with E-state index in [1.165, 1.54) is 18.4 Å². The van der Waals surface area contributed by atoms with Crippen molar-refractivity contribution >= 4 is 15.9 Å². The highest BCUT2D eigenvalue weighted by molar-refractivity contribution is 9.10. The number of hydrogen-bond acceptors (Lipinski definition) is 4. The van der Waals surface area contributed by atoms with Crippen molar-refractivity contribution in [3.8, 4) is 11.5 Å². The third-order valence-electron chi connectivity index (χ3n) is 4.19. The lowest BCUT2D eigenvalue weighted by molar-refractivity contribution is 0.170. The summed E-state index contributed by atoms with van der Waals surface area (Å²) in [6, 6.07) is 4.79. The molecular formula is C16H23BrN2O2. The third-order valence-corrected chi connectivity index (χ3v) is 4.93. The lowest BCUT2D eigenvalue weighted by Gasteiger charge is -2.26. The van der Waals surface area contributed by atoms with Crippen molar-refractivity contribution in [2.24, 2.45) is 0 Å². The Labute approximate surface area is 134 Å². The first kappa shape index (κ1) is 15.1. The predicted molar refractivity (Wildman–Crippen MR) is 87.1 cm³/mol. The van der Waals surface area contributed by atoms with Gasteiger partial charge in [-0.25, -0.2) is 0 Å². The number of hydrogen-bond donors (Lipinski definition) is 1. The van der Waals surface area contributed by atoms with Crippen molar-refractivity contribution in [2.75, 3.05) is 32.8 Å². The minimum atomic E-state index is 0.632. The summed E-state index contributed by atoms with van der Waals surface area (Å²) >= 11 is 3.67. The molecule has 0 aliphatic carbocycles. The number of halogens is 1. The van der Waals surface area contributed by atoms with Gasteiger partial charge >= 0.3 is 0 Å². The highest BCUT2D eigenvalue weighted by atomic mass is 79.9. The van der Waals surface area contributed by atoms with E-state index in [2.05, 4.69) is 39.1 Å². The molecular weight excluding hydrogens is 332 g/mol. The molecule has 0 saturated carbocycles. The van der Waals surface area contributed by atoms with E-state index in [0.717, 1.165) is 42.2 Å². The van der Waals surface area contributed by atoms with Gasteiger partial charge in [0.05, 0.1) is 0 Å².